The Morgan fingerprint density at radius 1 is 1.42 bits per heavy atom. The van der Waals surface area contributed by atoms with Gasteiger partial charge in [0.15, 0.2) is 0 Å². The van der Waals surface area contributed by atoms with Crippen LogP contribution in [0.1, 0.15) is 38.5 Å². The van der Waals surface area contributed by atoms with Crippen molar-refractivity contribution in [2.75, 3.05) is 13.1 Å². The lowest BCUT2D eigenvalue weighted by molar-refractivity contribution is -0.0441. The van der Waals surface area contributed by atoms with E-state index in [4.69, 9.17) is 0 Å². The van der Waals surface area contributed by atoms with Crippen LogP contribution in [0.5, 0.6) is 0 Å². The van der Waals surface area contributed by atoms with Crippen LogP contribution in [-0.4, -0.2) is 23.8 Å². The van der Waals surface area contributed by atoms with Crippen molar-refractivity contribution in [3.8, 4) is 0 Å². The van der Waals surface area contributed by atoms with Gasteiger partial charge in [-0.1, -0.05) is 0 Å². The molecule has 0 aromatic heterocycles. The number of nitrogens with one attached hydrogen (secondary N) is 1. The predicted molar refractivity (Wildman–Crippen MR) is 49.0 cm³/mol. The first-order chi connectivity index (χ1) is 5.79. The van der Waals surface area contributed by atoms with Gasteiger partial charge in [-0.05, 0) is 57.5 Å². The molecule has 0 aromatic rings. The minimum atomic E-state index is -0.247. The van der Waals surface area contributed by atoms with Gasteiger partial charge in [0.05, 0.1) is 5.60 Å². The number of aliphatic hydroxyl groups is 1. The third-order valence-corrected chi connectivity index (χ3v) is 3.46. The highest BCUT2D eigenvalue weighted by Gasteiger charge is 2.34. The normalized spacial score (nSPS) is 33.2. The molecule has 70 valence electrons. The standard InChI is InChI=1S/C10H19NO/c12-10(4-1-5-10)6-2-9-3-7-11-8-9/h9,11-12H,1-8H2. The Kier molecular flexibility index (Phi) is 2.37. The maximum atomic E-state index is 9.85. The molecule has 0 spiro atoms. The third-order valence-electron chi connectivity index (χ3n) is 3.46. The van der Waals surface area contributed by atoms with E-state index < -0.39 is 0 Å². The summed E-state index contributed by atoms with van der Waals surface area (Å²) >= 11 is 0. The van der Waals surface area contributed by atoms with E-state index in [0.29, 0.717) is 0 Å². The second-order valence-corrected chi connectivity index (χ2v) is 4.48. The van der Waals surface area contributed by atoms with Gasteiger partial charge in [-0.2, -0.15) is 0 Å². The van der Waals surface area contributed by atoms with Gasteiger partial charge in [0.2, 0.25) is 0 Å². The van der Waals surface area contributed by atoms with Crippen LogP contribution in [0.25, 0.3) is 0 Å². The molecule has 2 N–H and O–H groups in total. The van der Waals surface area contributed by atoms with Gasteiger partial charge in [-0.15, -0.1) is 0 Å². The fraction of sp³-hybridized carbons (Fsp3) is 1.00. The van der Waals surface area contributed by atoms with Gasteiger partial charge in [0, 0.05) is 0 Å². The molecule has 0 radical (unpaired) electrons. The number of hydrogen-bond acceptors (Lipinski definition) is 2. The molecule has 1 unspecified atom stereocenters. The highest BCUT2D eigenvalue weighted by molar-refractivity contribution is 4.88. The van der Waals surface area contributed by atoms with E-state index >= 15 is 0 Å². The highest BCUT2D eigenvalue weighted by atomic mass is 16.3. The maximum absolute atomic E-state index is 9.85. The summed E-state index contributed by atoms with van der Waals surface area (Å²) < 4.78 is 0. The van der Waals surface area contributed by atoms with Crippen LogP contribution in [0.3, 0.4) is 0 Å². The molecule has 1 aliphatic heterocycles. The van der Waals surface area contributed by atoms with E-state index in [1.165, 1.54) is 32.4 Å². The molecule has 0 aromatic carbocycles. The Balaban J connectivity index is 1.67. The average Bonchev–Trinajstić information content (AvgIpc) is 2.49. The zero-order valence-corrected chi connectivity index (χ0v) is 7.68. The molecule has 2 heteroatoms. The summed E-state index contributed by atoms with van der Waals surface area (Å²) in [7, 11) is 0. The monoisotopic (exact) mass is 169 g/mol. The summed E-state index contributed by atoms with van der Waals surface area (Å²) in [6, 6.07) is 0. The predicted octanol–water partition coefficient (Wildman–Crippen LogP) is 1.29. The highest BCUT2D eigenvalue weighted by Crippen LogP contribution is 2.36. The zero-order valence-electron chi connectivity index (χ0n) is 7.68. The van der Waals surface area contributed by atoms with Crippen LogP contribution < -0.4 is 5.32 Å². The lowest BCUT2D eigenvalue weighted by Crippen LogP contribution is -2.37. The minimum absolute atomic E-state index is 0.247. The van der Waals surface area contributed by atoms with E-state index in [0.717, 1.165) is 25.2 Å². The molecule has 2 rings (SSSR count). The quantitative estimate of drug-likeness (QED) is 0.667. The van der Waals surface area contributed by atoms with Crippen molar-refractivity contribution in [3.63, 3.8) is 0 Å². The Morgan fingerprint density at radius 2 is 2.25 bits per heavy atom. The van der Waals surface area contributed by atoms with Crippen LogP contribution in [0.2, 0.25) is 0 Å². The molecule has 1 aliphatic carbocycles. The Bertz CT molecular complexity index is 148. The van der Waals surface area contributed by atoms with Crippen LogP contribution in [0, 0.1) is 5.92 Å². The second-order valence-electron chi connectivity index (χ2n) is 4.48. The largest absolute Gasteiger partial charge is 0.390 e. The molecule has 0 amide bonds. The first kappa shape index (κ1) is 8.52. The lowest BCUT2D eigenvalue weighted by atomic mass is 9.76. The summed E-state index contributed by atoms with van der Waals surface area (Å²) in [6.45, 7) is 2.36. The molecule has 1 heterocycles. The Labute approximate surface area is 74.4 Å². The van der Waals surface area contributed by atoms with Crippen molar-refractivity contribution in [3.05, 3.63) is 0 Å². The van der Waals surface area contributed by atoms with Crippen molar-refractivity contribution in [2.24, 2.45) is 5.92 Å². The number of rotatable bonds is 3. The van der Waals surface area contributed by atoms with Gasteiger partial charge >= 0.3 is 0 Å². The third kappa shape index (κ3) is 1.80. The van der Waals surface area contributed by atoms with Crippen LogP contribution in [0.4, 0.5) is 0 Å². The van der Waals surface area contributed by atoms with Crippen LogP contribution in [0.15, 0.2) is 0 Å². The molecular formula is C10H19NO. The maximum Gasteiger partial charge on any atom is 0.0648 e. The van der Waals surface area contributed by atoms with E-state index in [2.05, 4.69) is 5.32 Å². The SMILES string of the molecule is OC1(CCC2CCNC2)CCC1. The Hall–Kier alpha value is -0.0800. The topological polar surface area (TPSA) is 32.3 Å². The van der Waals surface area contributed by atoms with Crippen molar-refractivity contribution in [1.82, 2.24) is 5.32 Å². The summed E-state index contributed by atoms with van der Waals surface area (Å²) in [5.41, 5.74) is -0.247. The summed E-state index contributed by atoms with van der Waals surface area (Å²) in [5, 5.41) is 13.2. The summed E-state index contributed by atoms with van der Waals surface area (Å²) in [5.74, 6) is 0.842. The molecule has 1 atom stereocenters. The fourth-order valence-electron chi connectivity index (χ4n) is 2.27. The first-order valence-electron chi connectivity index (χ1n) is 5.22. The molecule has 1 saturated heterocycles. The molecule has 2 fully saturated rings. The summed E-state index contributed by atoms with van der Waals surface area (Å²) in [6.07, 6.45) is 6.92. The fourth-order valence-corrected chi connectivity index (χ4v) is 2.27. The van der Waals surface area contributed by atoms with Gasteiger partial charge in [0.25, 0.3) is 0 Å². The van der Waals surface area contributed by atoms with Gasteiger partial charge < -0.3 is 10.4 Å². The van der Waals surface area contributed by atoms with Crippen molar-refractivity contribution >= 4 is 0 Å². The van der Waals surface area contributed by atoms with Crippen LogP contribution >= 0.6 is 0 Å². The first-order valence-corrected chi connectivity index (χ1v) is 5.22. The minimum Gasteiger partial charge on any atom is -0.390 e. The zero-order chi connectivity index (χ0) is 8.44. The molecule has 1 saturated carbocycles. The van der Waals surface area contributed by atoms with Gasteiger partial charge in [-0.25, -0.2) is 0 Å². The van der Waals surface area contributed by atoms with Gasteiger partial charge in [-0.3, -0.25) is 0 Å². The van der Waals surface area contributed by atoms with Crippen molar-refractivity contribution < 1.29 is 5.11 Å². The summed E-state index contributed by atoms with van der Waals surface area (Å²) in [4.78, 5) is 0. The van der Waals surface area contributed by atoms with Crippen molar-refractivity contribution in [1.29, 1.82) is 0 Å². The van der Waals surface area contributed by atoms with Gasteiger partial charge in [0.1, 0.15) is 0 Å². The van der Waals surface area contributed by atoms with E-state index in [-0.39, 0.29) is 5.60 Å². The molecule has 0 bridgehead atoms. The molecule has 2 nitrogen and oxygen atoms in total. The molecule has 12 heavy (non-hydrogen) atoms. The van der Waals surface area contributed by atoms with E-state index in [9.17, 15) is 5.11 Å². The lowest BCUT2D eigenvalue weighted by Gasteiger charge is -2.37. The van der Waals surface area contributed by atoms with Crippen LogP contribution in [-0.2, 0) is 0 Å². The average molecular weight is 169 g/mol. The van der Waals surface area contributed by atoms with E-state index in [1.807, 2.05) is 0 Å². The van der Waals surface area contributed by atoms with Crippen molar-refractivity contribution in [2.45, 2.75) is 44.1 Å². The smallest absolute Gasteiger partial charge is 0.0648 e. The second kappa shape index (κ2) is 3.35. The molecular weight excluding hydrogens is 150 g/mol. The Morgan fingerprint density at radius 3 is 2.75 bits per heavy atom. The molecule has 2 aliphatic rings. The van der Waals surface area contributed by atoms with E-state index in [1.54, 1.807) is 0 Å². The number of hydrogen-bond donors (Lipinski definition) is 2.